The number of carbonyl (C=O) groups is 1. The Morgan fingerprint density at radius 2 is 1.91 bits per heavy atom. The van der Waals surface area contributed by atoms with Crippen molar-refractivity contribution in [3.63, 3.8) is 0 Å². The first kappa shape index (κ1) is 16.6. The number of rotatable bonds is 6. The maximum Gasteiger partial charge on any atom is 0.238 e. The number of piperidine rings is 1. The molecule has 0 aliphatic carbocycles. The third-order valence-electron chi connectivity index (χ3n) is 4.20. The van der Waals surface area contributed by atoms with Gasteiger partial charge >= 0.3 is 0 Å². The highest BCUT2D eigenvalue weighted by molar-refractivity contribution is 5.92. The lowest BCUT2D eigenvalue weighted by atomic mass is 10.00. The Bertz CT molecular complexity index is 482. The molecule has 1 saturated heterocycles. The predicted octanol–water partition coefficient (Wildman–Crippen LogP) is 2.91. The SMILES string of the molecule is CCC1CCCCN1CC(=O)Nc1cc(OC)cc(OC)c1. The van der Waals surface area contributed by atoms with Gasteiger partial charge in [-0.1, -0.05) is 13.3 Å². The van der Waals surface area contributed by atoms with Crippen LogP contribution < -0.4 is 14.8 Å². The summed E-state index contributed by atoms with van der Waals surface area (Å²) < 4.78 is 10.4. The van der Waals surface area contributed by atoms with Crippen LogP contribution in [0.25, 0.3) is 0 Å². The molecular weight excluding hydrogens is 280 g/mol. The monoisotopic (exact) mass is 306 g/mol. The second-order valence-corrected chi connectivity index (χ2v) is 5.68. The lowest BCUT2D eigenvalue weighted by Crippen LogP contribution is -2.43. The summed E-state index contributed by atoms with van der Waals surface area (Å²) in [6.07, 6.45) is 4.73. The van der Waals surface area contributed by atoms with E-state index in [4.69, 9.17) is 9.47 Å². The van der Waals surface area contributed by atoms with Crippen molar-refractivity contribution in [1.82, 2.24) is 4.90 Å². The van der Waals surface area contributed by atoms with Gasteiger partial charge in [0.2, 0.25) is 5.91 Å². The molecular formula is C17H26N2O3. The van der Waals surface area contributed by atoms with Gasteiger partial charge in [-0.25, -0.2) is 0 Å². The van der Waals surface area contributed by atoms with Gasteiger partial charge in [-0.2, -0.15) is 0 Å². The fourth-order valence-corrected chi connectivity index (χ4v) is 3.00. The Balaban J connectivity index is 1.99. The van der Waals surface area contributed by atoms with E-state index in [1.54, 1.807) is 32.4 Å². The fraction of sp³-hybridized carbons (Fsp3) is 0.588. The van der Waals surface area contributed by atoms with Crippen LogP contribution in [0.4, 0.5) is 5.69 Å². The molecule has 1 aliphatic rings. The number of likely N-dealkylation sites (tertiary alicyclic amines) is 1. The molecule has 22 heavy (non-hydrogen) atoms. The molecule has 1 fully saturated rings. The molecule has 1 aromatic carbocycles. The molecule has 1 aliphatic heterocycles. The molecule has 2 rings (SSSR count). The van der Waals surface area contributed by atoms with E-state index < -0.39 is 0 Å². The van der Waals surface area contributed by atoms with Gasteiger partial charge in [0.05, 0.1) is 20.8 Å². The van der Waals surface area contributed by atoms with E-state index in [1.165, 1.54) is 19.3 Å². The second-order valence-electron chi connectivity index (χ2n) is 5.68. The first-order valence-corrected chi connectivity index (χ1v) is 7.93. The first-order valence-electron chi connectivity index (χ1n) is 7.93. The van der Waals surface area contributed by atoms with E-state index in [2.05, 4.69) is 17.1 Å². The maximum absolute atomic E-state index is 12.3. The number of anilines is 1. The van der Waals surface area contributed by atoms with Crippen molar-refractivity contribution in [1.29, 1.82) is 0 Å². The van der Waals surface area contributed by atoms with Crippen LogP contribution in [0.2, 0.25) is 0 Å². The minimum atomic E-state index is 0.00987. The molecule has 1 aromatic rings. The highest BCUT2D eigenvalue weighted by Gasteiger charge is 2.22. The number of methoxy groups -OCH3 is 2. The van der Waals surface area contributed by atoms with E-state index in [-0.39, 0.29) is 5.91 Å². The lowest BCUT2D eigenvalue weighted by Gasteiger charge is -2.34. The van der Waals surface area contributed by atoms with E-state index in [0.29, 0.717) is 29.8 Å². The molecule has 1 atom stereocenters. The number of hydrogen-bond acceptors (Lipinski definition) is 4. The van der Waals surface area contributed by atoms with E-state index in [0.717, 1.165) is 13.0 Å². The van der Waals surface area contributed by atoms with Gasteiger partial charge in [0.25, 0.3) is 0 Å². The van der Waals surface area contributed by atoms with E-state index in [9.17, 15) is 4.79 Å². The summed E-state index contributed by atoms with van der Waals surface area (Å²) >= 11 is 0. The van der Waals surface area contributed by atoms with Gasteiger partial charge in [0, 0.05) is 29.9 Å². The van der Waals surface area contributed by atoms with Gasteiger partial charge in [0.1, 0.15) is 11.5 Å². The average Bonchev–Trinajstić information content (AvgIpc) is 2.54. The molecule has 0 aromatic heterocycles. The van der Waals surface area contributed by atoms with Crippen LogP contribution in [0.3, 0.4) is 0 Å². The van der Waals surface area contributed by atoms with Crippen molar-refractivity contribution < 1.29 is 14.3 Å². The summed E-state index contributed by atoms with van der Waals surface area (Å²) in [5.41, 5.74) is 0.700. The highest BCUT2D eigenvalue weighted by atomic mass is 16.5. The number of carbonyl (C=O) groups excluding carboxylic acids is 1. The third kappa shape index (κ3) is 4.37. The molecule has 122 valence electrons. The zero-order valence-corrected chi connectivity index (χ0v) is 13.7. The highest BCUT2D eigenvalue weighted by Crippen LogP contribution is 2.26. The van der Waals surface area contributed by atoms with Crippen molar-refractivity contribution in [2.45, 2.75) is 38.6 Å². The van der Waals surface area contributed by atoms with Crippen molar-refractivity contribution in [2.75, 3.05) is 32.6 Å². The number of benzene rings is 1. The van der Waals surface area contributed by atoms with Crippen LogP contribution >= 0.6 is 0 Å². The molecule has 1 amide bonds. The average molecular weight is 306 g/mol. The third-order valence-corrected chi connectivity index (χ3v) is 4.20. The minimum absolute atomic E-state index is 0.00987. The molecule has 5 heteroatoms. The lowest BCUT2D eigenvalue weighted by molar-refractivity contribution is -0.118. The standard InChI is InChI=1S/C17H26N2O3/c1-4-14-7-5-6-8-19(14)12-17(20)18-13-9-15(21-2)11-16(10-13)22-3/h9-11,14H,4-8,12H2,1-3H3,(H,18,20). The molecule has 1 unspecified atom stereocenters. The zero-order valence-electron chi connectivity index (χ0n) is 13.7. The molecule has 0 radical (unpaired) electrons. The Labute approximate surface area is 132 Å². The van der Waals surface area contributed by atoms with Crippen molar-refractivity contribution >= 4 is 11.6 Å². The van der Waals surface area contributed by atoms with Gasteiger partial charge in [-0.3, -0.25) is 9.69 Å². The van der Waals surface area contributed by atoms with Crippen LogP contribution in [-0.2, 0) is 4.79 Å². The van der Waals surface area contributed by atoms with Crippen LogP contribution in [0, 0.1) is 0 Å². The van der Waals surface area contributed by atoms with Crippen LogP contribution in [0.15, 0.2) is 18.2 Å². The van der Waals surface area contributed by atoms with E-state index >= 15 is 0 Å². The zero-order chi connectivity index (χ0) is 15.9. The molecule has 0 bridgehead atoms. The number of nitrogens with one attached hydrogen (secondary N) is 1. The normalized spacial score (nSPS) is 18.8. The Kier molecular flexibility index (Phi) is 6.07. The number of hydrogen-bond donors (Lipinski definition) is 1. The number of amides is 1. The van der Waals surface area contributed by atoms with Crippen LogP contribution in [0.1, 0.15) is 32.6 Å². The van der Waals surface area contributed by atoms with E-state index in [1.807, 2.05) is 0 Å². The predicted molar refractivity (Wildman–Crippen MR) is 87.7 cm³/mol. The minimum Gasteiger partial charge on any atom is -0.497 e. The second kappa shape index (κ2) is 8.03. The summed E-state index contributed by atoms with van der Waals surface area (Å²) in [7, 11) is 3.19. The van der Waals surface area contributed by atoms with Crippen LogP contribution in [-0.4, -0.2) is 44.2 Å². The van der Waals surface area contributed by atoms with Gasteiger partial charge in [0.15, 0.2) is 0 Å². The van der Waals surface area contributed by atoms with Crippen molar-refractivity contribution in [2.24, 2.45) is 0 Å². The van der Waals surface area contributed by atoms with Gasteiger partial charge in [-0.15, -0.1) is 0 Å². The molecule has 0 saturated carbocycles. The topological polar surface area (TPSA) is 50.8 Å². The van der Waals surface area contributed by atoms with Crippen molar-refractivity contribution in [3.05, 3.63) is 18.2 Å². The largest absolute Gasteiger partial charge is 0.497 e. The number of nitrogens with zero attached hydrogens (tertiary/aromatic N) is 1. The molecule has 1 N–H and O–H groups in total. The van der Waals surface area contributed by atoms with Crippen LogP contribution in [0.5, 0.6) is 11.5 Å². The first-order chi connectivity index (χ1) is 10.7. The Hall–Kier alpha value is -1.75. The molecule has 5 nitrogen and oxygen atoms in total. The quantitative estimate of drug-likeness (QED) is 0.878. The van der Waals surface area contributed by atoms with Crippen molar-refractivity contribution in [3.8, 4) is 11.5 Å². The Morgan fingerprint density at radius 3 is 2.50 bits per heavy atom. The fourth-order valence-electron chi connectivity index (χ4n) is 3.00. The Morgan fingerprint density at radius 1 is 1.23 bits per heavy atom. The number of ether oxygens (including phenoxy) is 2. The summed E-state index contributed by atoms with van der Waals surface area (Å²) in [5.74, 6) is 1.34. The summed E-state index contributed by atoms with van der Waals surface area (Å²) in [4.78, 5) is 14.6. The summed E-state index contributed by atoms with van der Waals surface area (Å²) in [6, 6.07) is 5.91. The smallest absolute Gasteiger partial charge is 0.238 e. The molecule has 1 heterocycles. The summed E-state index contributed by atoms with van der Waals surface area (Å²) in [5, 5.41) is 2.94. The maximum atomic E-state index is 12.3. The summed E-state index contributed by atoms with van der Waals surface area (Å²) in [6.45, 7) is 3.64. The molecule has 0 spiro atoms. The van der Waals surface area contributed by atoms with Gasteiger partial charge in [-0.05, 0) is 25.8 Å². The van der Waals surface area contributed by atoms with Gasteiger partial charge < -0.3 is 14.8 Å².